The van der Waals surface area contributed by atoms with Crippen LogP contribution in [-0.2, 0) is 14.3 Å². The molecule has 1 aliphatic heterocycles. The van der Waals surface area contributed by atoms with Crippen LogP contribution in [0, 0.1) is 10.1 Å². The summed E-state index contributed by atoms with van der Waals surface area (Å²) in [6.45, 7) is 7.00. The summed E-state index contributed by atoms with van der Waals surface area (Å²) in [5.74, 6) is -3.32. The summed E-state index contributed by atoms with van der Waals surface area (Å²) in [6.07, 6.45) is 0.426. The highest BCUT2D eigenvalue weighted by Crippen LogP contribution is 2.25. The van der Waals surface area contributed by atoms with Crippen molar-refractivity contribution in [2.75, 3.05) is 26.2 Å². The molecule has 2 N–H and O–H groups in total. The fourth-order valence-corrected chi connectivity index (χ4v) is 2.48. The first kappa shape index (κ1) is 21.3. The lowest BCUT2D eigenvalue weighted by Crippen LogP contribution is -2.46. The molecule has 26 heavy (non-hydrogen) atoms. The van der Waals surface area contributed by atoms with Crippen LogP contribution in [0.15, 0.2) is 24.3 Å². The number of morpholine rings is 1. The molecule has 2 atom stereocenters. The average molecular weight is 370 g/mol. The van der Waals surface area contributed by atoms with Crippen LogP contribution in [0.5, 0.6) is 5.75 Å². The Labute approximate surface area is 150 Å². The van der Waals surface area contributed by atoms with Crippen LogP contribution < -0.4 is 4.74 Å². The van der Waals surface area contributed by atoms with E-state index in [1.807, 2.05) is 13.8 Å². The van der Waals surface area contributed by atoms with Gasteiger partial charge in [0.2, 0.25) is 0 Å². The molecule has 1 fully saturated rings. The zero-order valence-corrected chi connectivity index (χ0v) is 14.5. The van der Waals surface area contributed by atoms with E-state index in [1.165, 1.54) is 6.07 Å². The van der Waals surface area contributed by atoms with Gasteiger partial charge in [-0.25, -0.2) is 9.59 Å². The average Bonchev–Trinajstić information content (AvgIpc) is 2.54. The normalized spacial score (nSPS) is 19.8. The fourth-order valence-electron chi connectivity index (χ4n) is 2.48. The number of carboxylic acids is 2. The molecule has 0 aliphatic carbocycles. The Morgan fingerprint density at radius 1 is 1.23 bits per heavy atom. The van der Waals surface area contributed by atoms with Crippen molar-refractivity contribution in [3.63, 3.8) is 0 Å². The van der Waals surface area contributed by atoms with Crippen molar-refractivity contribution in [3.05, 3.63) is 34.4 Å². The molecule has 0 amide bonds. The highest BCUT2D eigenvalue weighted by molar-refractivity contribution is 6.27. The number of hydrogen-bond donors (Lipinski definition) is 2. The molecule has 2 unspecified atom stereocenters. The minimum atomic E-state index is -1.82. The van der Waals surface area contributed by atoms with Gasteiger partial charge in [-0.2, -0.15) is 0 Å². The van der Waals surface area contributed by atoms with Gasteiger partial charge in [-0.05, 0) is 19.9 Å². The van der Waals surface area contributed by atoms with Crippen LogP contribution in [0.1, 0.15) is 13.8 Å². The molecule has 0 radical (unpaired) electrons. The van der Waals surface area contributed by atoms with Crippen LogP contribution >= 0.6 is 0 Å². The van der Waals surface area contributed by atoms with Crippen LogP contribution in [0.4, 0.5) is 5.69 Å². The minimum Gasteiger partial charge on any atom is -0.485 e. The highest BCUT2D eigenvalue weighted by atomic mass is 16.6. The molecule has 1 aromatic carbocycles. The lowest BCUT2D eigenvalue weighted by molar-refractivity contribution is -0.385. The van der Waals surface area contributed by atoms with Gasteiger partial charge >= 0.3 is 17.6 Å². The molecule has 1 aromatic rings. The molecule has 2 rings (SSSR count). The van der Waals surface area contributed by atoms with E-state index in [0.717, 1.165) is 19.6 Å². The molecule has 10 heteroatoms. The first-order valence-electron chi connectivity index (χ1n) is 7.91. The van der Waals surface area contributed by atoms with Gasteiger partial charge in [-0.15, -0.1) is 0 Å². The number of benzene rings is 1. The summed E-state index contributed by atoms with van der Waals surface area (Å²) < 4.78 is 11.2. The summed E-state index contributed by atoms with van der Waals surface area (Å²) in [4.78, 5) is 30.9. The summed E-state index contributed by atoms with van der Waals surface area (Å²) in [7, 11) is 0. The predicted molar refractivity (Wildman–Crippen MR) is 90.3 cm³/mol. The standard InChI is InChI=1S/C14H20N2O4.C2H2O4/c1-11-9-15(10-12(2)20-11)7-8-19-14-6-4-3-5-13(14)16(17)18;3-1(4)2(5)6/h3-6,11-12H,7-10H2,1-2H3;(H,3,4)(H,5,6). The van der Waals surface area contributed by atoms with Crippen molar-refractivity contribution in [2.24, 2.45) is 0 Å². The maximum atomic E-state index is 10.9. The summed E-state index contributed by atoms with van der Waals surface area (Å²) in [5, 5.41) is 25.7. The third kappa shape index (κ3) is 7.45. The van der Waals surface area contributed by atoms with E-state index >= 15 is 0 Å². The number of nitro groups is 1. The van der Waals surface area contributed by atoms with Gasteiger partial charge in [0.1, 0.15) is 6.61 Å². The van der Waals surface area contributed by atoms with Gasteiger partial charge in [0.25, 0.3) is 0 Å². The van der Waals surface area contributed by atoms with E-state index in [9.17, 15) is 10.1 Å². The van der Waals surface area contributed by atoms with Crippen molar-refractivity contribution < 1.29 is 34.2 Å². The third-order valence-electron chi connectivity index (χ3n) is 3.41. The van der Waals surface area contributed by atoms with E-state index in [4.69, 9.17) is 29.3 Å². The molecule has 144 valence electrons. The lowest BCUT2D eigenvalue weighted by atomic mass is 10.2. The van der Waals surface area contributed by atoms with Gasteiger partial charge in [-0.1, -0.05) is 12.1 Å². The Morgan fingerprint density at radius 2 is 1.77 bits per heavy atom. The highest BCUT2D eigenvalue weighted by Gasteiger charge is 2.22. The molecule has 10 nitrogen and oxygen atoms in total. The smallest absolute Gasteiger partial charge is 0.414 e. The Bertz CT molecular complexity index is 614. The topological polar surface area (TPSA) is 139 Å². The second-order valence-electron chi connectivity index (χ2n) is 5.70. The zero-order valence-electron chi connectivity index (χ0n) is 14.5. The molecule has 1 saturated heterocycles. The molecule has 0 aromatic heterocycles. The maximum absolute atomic E-state index is 10.9. The van der Waals surface area contributed by atoms with Gasteiger partial charge in [-0.3, -0.25) is 15.0 Å². The first-order chi connectivity index (χ1) is 12.2. The van der Waals surface area contributed by atoms with Gasteiger partial charge < -0.3 is 19.7 Å². The molecular formula is C16H22N2O8. The number of carbonyl (C=O) groups is 2. The minimum absolute atomic E-state index is 0.0104. The van der Waals surface area contributed by atoms with Crippen molar-refractivity contribution in [1.82, 2.24) is 4.90 Å². The van der Waals surface area contributed by atoms with E-state index < -0.39 is 16.9 Å². The third-order valence-corrected chi connectivity index (χ3v) is 3.41. The monoisotopic (exact) mass is 370 g/mol. The second-order valence-corrected chi connectivity index (χ2v) is 5.70. The Balaban J connectivity index is 0.000000487. The Morgan fingerprint density at radius 3 is 2.27 bits per heavy atom. The van der Waals surface area contributed by atoms with Crippen LogP contribution in [0.2, 0.25) is 0 Å². The van der Waals surface area contributed by atoms with E-state index in [1.54, 1.807) is 18.2 Å². The van der Waals surface area contributed by atoms with Gasteiger partial charge in [0, 0.05) is 25.7 Å². The van der Waals surface area contributed by atoms with Crippen LogP contribution in [0.25, 0.3) is 0 Å². The summed E-state index contributed by atoms with van der Waals surface area (Å²) in [6, 6.07) is 6.45. The number of nitrogens with zero attached hydrogens (tertiary/aromatic N) is 2. The number of carboxylic acid groups (broad SMARTS) is 2. The van der Waals surface area contributed by atoms with Crippen molar-refractivity contribution in [3.8, 4) is 5.75 Å². The number of rotatable bonds is 5. The van der Waals surface area contributed by atoms with Crippen molar-refractivity contribution >= 4 is 17.6 Å². The summed E-state index contributed by atoms with van der Waals surface area (Å²) >= 11 is 0. The van der Waals surface area contributed by atoms with E-state index in [2.05, 4.69) is 4.90 Å². The molecular weight excluding hydrogens is 348 g/mol. The number of ether oxygens (including phenoxy) is 2. The quantitative estimate of drug-likeness (QED) is 0.445. The number of nitro benzene ring substituents is 1. The molecule has 0 bridgehead atoms. The molecule has 1 heterocycles. The van der Waals surface area contributed by atoms with Crippen molar-refractivity contribution in [2.45, 2.75) is 26.1 Å². The lowest BCUT2D eigenvalue weighted by Gasteiger charge is -2.35. The van der Waals surface area contributed by atoms with Crippen LogP contribution in [0.3, 0.4) is 0 Å². The molecule has 0 saturated carbocycles. The fraction of sp³-hybridized carbons (Fsp3) is 0.500. The number of hydrogen-bond acceptors (Lipinski definition) is 7. The van der Waals surface area contributed by atoms with E-state index in [-0.39, 0.29) is 17.9 Å². The Kier molecular flexibility index (Phi) is 8.46. The predicted octanol–water partition coefficient (Wildman–Crippen LogP) is 1.24. The van der Waals surface area contributed by atoms with Gasteiger partial charge in [0.05, 0.1) is 17.1 Å². The SMILES string of the molecule is CC1CN(CCOc2ccccc2[N+](=O)[O-])CC(C)O1.O=C(O)C(=O)O. The largest absolute Gasteiger partial charge is 0.485 e. The molecule has 1 aliphatic rings. The number of aliphatic carboxylic acids is 2. The zero-order chi connectivity index (χ0) is 19.7. The van der Waals surface area contributed by atoms with Crippen LogP contribution in [-0.4, -0.2) is 70.4 Å². The molecule has 0 spiro atoms. The van der Waals surface area contributed by atoms with Gasteiger partial charge in [0.15, 0.2) is 5.75 Å². The second kappa shape index (κ2) is 10.3. The number of para-hydroxylation sites is 2. The first-order valence-corrected chi connectivity index (χ1v) is 7.91. The Hall–Kier alpha value is -2.72. The summed E-state index contributed by atoms with van der Waals surface area (Å²) in [5.41, 5.74) is 0.0104. The maximum Gasteiger partial charge on any atom is 0.414 e. The van der Waals surface area contributed by atoms with Crippen molar-refractivity contribution in [1.29, 1.82) is 0 Å². The van der Waals surface area contributed by atoms with E-state index in [0.29, 0.717) is 12.4 Å².